The van der Waals surface area contributed by atoms with Crippen LogP contribution in [-0.2, 0) is 4.79 Å². The molecule has 1 aliphatic heterocycles. The second-order valence-electron chi connectivity index (χ2n) is 4.67. The van der Waals surface area contributed by atoms with Gasteiger partial charge in [-0.15, -0.1) is 0 Å². The number of piperidine rings is 1. The molecule has 0 saturated carbocycles. The van der Waals surface area contributed by atoms with Gasteiger partial charge in [-0.05, 0) is 25.2 Å². The van der Waals surface area contributed by atoms with E-state index in [4.69, 9.17) is 10.8 Å². The zero-order valence-electron chi connectivity index (χ0n) is 10.2. The number of hydrogen-bond donors (Lipinski definition) is 2. The van der Waals surface area contributed by atoms with Gasteiger partial charge < -0.3 is 15.7 Å². The van der Waals surface area contributed by atoms with Crippen molar-refractivity contribution < 1.29 is 9.90 Å². The fourth-order valence-corrected chi connectivity index (χ4v) is 2.28. The maximum atomic E-state index is 12.1. The molecule has 4 heteroatoms. The highest BCUT2D eigenvalue weighted by molar-refractivity contribution is 5.79. The van der Waals surface area contributed by atoms with Crippen molar-refractivity contribution >= 4 is 5.91 Å². The molecule has 1 rings (SSSR count). The normalized spacial score (nSPS) is 19.8. The maximum absolute atomic E-state index is 12.1. The standard InChI is InChI=1S/C12H24N2O2/c1-2-3-11(8-13)12(16)14-6-4-10(9-15)5-7-14/h10-11,15H,2-9,13H2,1H3. The Labute approximate surface area is 97.8 Å². The topological polar surface area (TPSA) is 66.6 Å². The Kier molecular flexibility index (Phi) is 5.77. The first-order chi connectivity index (χ1) is 7.72. The van der Waals surface area contributed by atoms with E-state index < -0.39 is 0 Å². The Morgan fingerprint density at radius 3 is 2.56 bits per heavy atom. The summed E-state index contributed by atoms with van der Waals surface area (Å²) in [6.45, 7) is 4.34. The first kappa shape index (κ1) is 13.5. The zero-order valence-corrected chi connectivity index (χ0v) is 10.2. The van der Waals surface area contributed by atoms with Crippen molar-refractivity contribution in [3.8, 4) is 0 Å². The summed E-state index contributed by atoms with van der Waals surface area (Å²) in [4.78, 5) is 14.0. The molecule has 0 spiro atoms. The number of carbonyl (C=O) groups excluding carboxylic acids is 1. The van der Waals surface area contributed by atoms with Crippen LogP contribution in [-0.4, -0.2) is 42.2 Å². The minimum absolute atomic E-state index is 0.00400. The van der Waals surface area contributed by atoms with Gasteiger partial charge in [0.2, 0.25) is 5.91 Å². The quantitative estimate of drug-likeness (QED) is 0.724. The molecule has 16 heavy (non-hydrogen) atoms. The van der Waals surface area contributed by atoms with Crippen molar-refractivity contribution in [2.24, 2.45) is 17.6 Å². The van der Waals surface area contributed by atoms with Crippen LogP contribution in [0, 0.1) is 11.8 Å². The van der Waals surface area contributed by atoms with Crippen LogP contribution in [0.4, 0.5) is 0 Å². The van der Waals surface area contributed by atoms with Crippen LogP contribution in [0.1, 0.15) is 32.6 Å². The van der Waals surface area contributed by atoms with Crippen molar-refractivity contribution in [1.82, 2.24) is 4.90 Å². The van der Waals surface area contributed by atoms with Gasteiger partial charge >= 0.3 is 0 Å². The van der Waals surface area contributed by atoms with Crippen LogP contribution in [0.15, 0.2) is 0 Å². The lowest BCUT2D eigenvalue weighted by atomic mass is 9.95. The van der Waals surface area contributed by atoms with E-state index in [1.54, 1.807) is 0 Å². The molecule has 0 aromatic heterocycles. The number of aliphatic hydroxyl groups is 1. The van der Waals surface area contributed by atoms with Crippen molar-refractivity contribution in [3.63, 3.8) is 0 Å². The number of carbonyl (C=O) groups is 1. The molecule has 1 amide bonds. The highest BCUT2D eigenvalue weighted by Gasteiger charge is 2.26. The van der Waals surface area contributed by atoms with E-state index >= 15 is 0 Å². The number of likely N-dealkylation sites (tertiary alicyclic amines) is 1. The van der Waals surface area contributed by atoms with Gasteiger partial charge in [0.15, 0.2) is 0 Å². The van der Waals surface area contributed by atoms with Crippen molar-refractivity contribution in [3.05, 3.63) is 0 Å². The molecule has 4 nitrogen and oxygen atoms in total. The van der Waals surface area contributed by atoms with E-state index in [2.05, 4.69) is 6.92 Å². The third-order valence-electron chi connectivity index (χ3n) is 3.46. The Morgan fingerprint density at radius 2 is 2.12 bits per heavy atom. The molecule has 0 aliphatic carbocycles. The Hall–Kier alpha value is -0.610. The first-order valence-electron chi connectivity index (χ1n) is 6.32. The maximum Gasteiger partial charge on any atom is 0.226 e. The monoisotopic (exact) mass is 228 g/mol. The molecule has 1 aliphatic rings. The second-order valence-corrected chi connectivity index (χ2v) is 4.67. The molecule has 3 N–H and O–H groups in total. The predicted octanol–water partition coefficient (Wildman–Crippen LogP) is 0.592. The summed E-state index contributed by atoms with van der Waals surface area (Å²) in [5, 5.41) is 9.03. The van der Waals surface area contributed by atoms with Crippen LogP contribution in [0.3, 0.4) is 0 Å². The van der Waals surface area contributed by atoms with Gasteiger partial charge in [-0.3, -0.25) is 4.79 Å². The average Bonchev–Trinajstić information content (AvgIpc) is 2.35. The third-order valence-corrected chi connectivity index (χ3v) is 3.46. The van der Waals surface area contributed by atoms with Gasteiger partial charge in [-0.1, -0.05) is 13.3 Å². The smallest absolute Gasteiger partial charge is 0.226 e. The highest BCUT2D eigenvalue weighted by atomic mass is 16.3. The van der Waals surface area contributed by atoms with Gasteiger partial charge in [0.25, 0.3) is 0 Å². The minimum atomic E-state index is -0.00400. The summed E-state index contributed by atoms with van der Waals surface area (Å²) in [5.74, 6) is 0.586. The average molecular weight is 228 g/mol. The third kappa shape index (κ3) is 3.46. The fraction of sp³-hybridized carbons (Fsp3) is 0.917. The lowest BCUT2D eigenvalue weighted by Crippen LogP contribution is -2.44. The summed E-state index contributed by atoms with van der Waals surface area (Å²) in [5.41, 5.74) is 5.63. The SMILES string of the molecule is CCCC(CN)C(=O)N1CCC(CO)CC1. The summed E-state index contributed by atoms with van der Waals surface area (Å²) in [7, 11) is 0. The molecule has 1 unspecified atom stereocenters. The van der Waals surface area contributed by atoms with E-state index in [1.165, 1.54) is 0 Å². The van der Waals surface area contributed by atoms with Crippen LogP contribution >= 0.6 is 0 Å². The summed E-state index contributed by atoms with van der Waals surface area (Å²) in [6, 6.07) is 0. The van der Waals surface area contributed by atoms with Gasteiger partial charge in [-0.2, -0.15) is 0 Å². The molecular formula is C12H24N2O2. The molecule has 94 valence electrons. The number of rotatable bonds is 5. The molecule has 1 saturated heterocycles. The Balaban J connectivity index is 2.42. The number of nitrogens with zero attached hydrogens (tertiary/aromatic N) is 1. The number of amides is 1. The molecule has 0 bridgehead atoms. The molecule has 1 heterocycles. The Morgan fingerprint density at radius 1 is 1.50 bits per heavy atom. The van der Waals surface area contributed by atoms with Crippen LogP contribution in [0.25, 0.3) is 0 Å². The molecule has 0 aromatic rings. The molecule has 1 atom stereocenters. The van der Waals surface area contributed by atoms with Gasteiger partial charge in [0.05, 0.1) is 5.92 Å². The summed E-state index contributed by atoms with van der Waals surface area (Å²) in [6.07, 6.45) is 3.73. The second kappa shape index (κ2) is 6.86. The zero-order chi connectivity index (χ0) is 12.0. The lowest BCUT2D eigenvalue weighted by Gasteiger charge is -2.33. The number of nitrogens with two attached hydrogens (primary N) is 1. The van der Waals surface area contributed by atoms with Gasteiger partial charge in [0.1, 0.15) is 0 Å². The molecular weight excluding hydrogens is 204 g/mol. The van der Waals surface area contributed by atoms with E-state index in [0.29, 0.717) is 12.5 Å². The number of hydrogen-bond acceptors (Lipinski definition) is 3. The van der Waals surface area contributed by atoms with E-state index in [-0.39, 0.29) is 18.4 Å². The van der Waals surface area contributed by atoms with Crippen LogP contribution in [0.2, 0.25) is 0 Å². The highest BCUT2D eigenvalue weighted by Crippen LogP contribution is 2.19. The van der Waals surface area contributed by atoms with Crippen LogP contribution < -0.4 is 5.73 Å². The van der Waals surface area contributed by atoms with E-state index in [0.717, 1.165) is 38.8 Å². The van der Waals surface area contributed by atoms with Crippen molar-refractivity contribution in [2.75, 3.05) is 26.2 Å². The minimum Gasteiger partial charge on any atom is -0.396 e. The number of aliphatic hydroxyl groups excluding tert-OH is 1. The summed E-state index contributed by atoms with van der Waals surface area (Å²) < 4.78 is 0. The predicted molar refractivity (Wildman–Crippen MR) is 63.8 cm³/mol. The van der Waals surface area contributed by atoms with E-state index in [9.17, 15) is 4.79 Å². The van der Waals surface area contributed by atoms with Crippen molar-refractivity contribution in [2.45, 2.75) is 32.6 Å². The summed E-state index contributed by atoms with van der Waals surface area (Å²) >= 11 is 0. The molecule has 0 aromatic carbocycles. The van der Waals surface area contributed by atoms with Gasteiger partial charge in [-0.25, -0.2) is 0 Å². The Bertz CT molecular complexity index is 213. The van der Waals surface area contributed by atoms with Gasteiger partial charge in [0, 0.05) is 26.2 Å². The molecule has 0 radical (unpaired) electrons. The largest absolute Gasteiger partial charge is 0.396 e. The van der Waals surface area contributed by atoms with Crippen LogP contribution in [0.5, 0.6) is 0 Å². The lowest BCUT2D eigenvalue weighted by molar-refractivity contribution is -0.137. The van der Waals surface area contributed by atoms with Crippen molar-refractivity contribution in [1.29, 1.82) is 0 Å². The van der Waals surface area contributed by atoms with E-state index in [1.807, 2.05) is 4.90 Å². The first-order valence-corrected chi connectivity index (χ1v) is 6.32. The molecule has 1 fully saturated rings. The fourth-order valence-electron chi connectivity index (χ4n) is 2.28.